The molecule has 1 saturated heterocycles. The summed E-state index contributed by atoms with van der Waals surface area (Å²) in [6.45, 7) is 6.33. The molecular weight excluding hydrogens is 537 g/mol. The van der Waals surface area contributed by atoms with Crippen molar-refractivity contribution in [2.45, 2.75) is 30.5 Å². The van der Waals surface area contributed by atoms with Crippen molar-refractivity contribution in [3.63, 3.8) is 0 Å². The smallest absolute Gasteiger partial charge is 0.223 e. The van der Waals surface area contributed by atoms with Crippen LogP contribution >= 0.6 is 11.9 Å². The summed E-state index contributed by atoms with van der Waals surface area (Å²) in [5.74, 6) is 0.501. The Morgan fingerprint density at radius 1 is 1.52 bits per heavy atom. The van der Waals surface area contributed by atoms with Crippen LogP contribution in [0.4, 0.5) is 4.39 Å². The molecule has 1 fully saturated rings. The molecular formula is C18H23FN5OSW-. The van der Waals surface area contributed by atoms with E-state index >= 15 is 0 Å². The van der Waals surface area contributed by atoms with Crippen molar-refractivity contribution in [1.82, 2.24) is 5.32 Å². The van der Waals surface area contributed by atoms with Crippen LogP contribution in [-0.2, 0) is 25.8 Å². The number of rotatable bonds is 5. The van der Waals surface area contributed by atoms with Gasteiger partial charge >= 0.3 is 0 Å². The predicted octanol–water partition coefficient (Wildman–Crippen LogP) is 2.54. The van der Waals surface area contributed by atoms with Crippen LogP contribution < -0.4 is 10.5 Å². The molecule has 1 aliphatic rings. The van der Waals surface area contributed by atoms with E-state index in [9.17, 15) is 4.39 Å². The van der Waals surface area contributed by atoms with Crippen molar-refractivity contribution in [2.75, 3.05) is 20.1 Å². The van der Waals surface area contributed by atoms with E-state index < -0.39 is 12.3 Å². The molecule has 6 nitrogen and oxygen atoms in total. The molecule has 0 aromatic heterocycles. The second-order valence-corrected chi connectivity index (χ2v) is 6.47. The van der Waals surface area contributed by atoms with E-state index in [0.29, 0.717) is 29.9 Å². The van der Waals surface area contributed by atoms with Gasteiger partial charge in [0.2, 0.25) is 5.90 Å². The molecule has 0 bridgehead atoms. The minimum Gasteiger partial charge on any atom is -0.471 e. The fraction of sp³-hybridized carbons (Fsp3) is 0.389. The maximum absolute atomic E-state index is 14.1. The molecule has 2 atom stereocenters. The summed E-state index contributed by atoms with van der Waals surface area (Å²) in [6, 6.07) is 8.38. The normalized spacial score (nSPS) is 20.6. The van der Waals surface area contributed by atoms with E-state index in [2.05, 4.69) is 27.9 Å². The zero-order chi connectivity index (χ0) is 19.1. The SMILES string of the molecule is C=C(C(C)=N)C(=NC(=NC)c1c[c-]c(SN)cc1)OC1CCNCC1F.[W]. The van der Waals surface area contributed by atoms with Crippen LogP contribution in [0.25, 0.3) is 0 Å². The third-order valence-electron chi connectivity index (χ3n) is 3.91. The molecule has 0 radical (unpaired) electrons. The van der Waals surface area contributed by atoms with Gasteiger partial charge in [0.15, 0.2) is 0 Å². The van der Waals surface area contributed by atoms with E-state index in [1.165, 1.54) is 0 Å². The van der Waals surface area contributed by atoms with Crippen LogP contribution in [0.1, 0.15) is 18.9 Å². The molecule has 1 aromatic rings. The van der Waals surface area contributed by atoms with Crippen molar-refractivity contribution >= 4 is 29.4 Å². The number of nitrogens with one attached hydrogen (secondary N) is 2. The molecule has 2 rings (SSSR count). The van der Waals surface area contributed by atoms with Crippen molar-refractivity contribution < 1.29 is 30.2 Å². The van der Waals surface area contributed by atoms with Crippen molar-refractivity contribution in [3.8, 4) is 0 Å². The van der Waals surface area contributed by atoms with Gasteiger partial charge in [-0.1, -0.05) is 29.0 Å². The summed E-state index contributed by atoms with van der Waals surface area (Å²) in [5, 5.41) is 16.3. The number of hydrogen-bond acceptors (Lipinski definition) is 6. The maximum Gasteiger partial charge on any atom is 0.223 e. The van der Waals surface area contributed by atoms with Gasteiger partial charge in [-0.25, -0.2) is 9.38 Å². The molecule has 9 heteroatoms. The van der Waals surface area contributed by atoms with Crippen LogP contribution in [0, 0.1) is 11.5 Å². The predicted molar refractivity (Wildman–Crippen MR) is 105 cm³/mol. The first kappa shape index (κ1) is 23.7. The van der Waals surface area contributed by atoms with Gasteiger partial charge in [-0.15, -0.1) is 0 Å². The third-order valence-corrected chi connectivity index (χ3v) is 4.42. The first-order chi connectivity index (χ1) is 12.5. The fourth-order valence-electron chi connectivity index (χ4n) is 2.36. The summed E-state index contributed by atoms with van der Waals surface area (Å²) in [6.07, 6.45) is -1.27. The average Bonchev–Trinajstić information content (AvgIpc) is 2.66. The van der Waals surface area contributed by atoms with Crippen molar-refractivity contribution in [2.24, 2.45) is 15.1 Å². The Hall–Kier alpha value is -1.34. The summed E-state index contributed by atoms with van der Waals surface area (Å²) in [4.78, 5) is 9.40. The van der Waals surface area contributed by atoms with E-state index in [0.717, 1.165) is 16.8 Å². The van der Waals surface area contributed by atoms with Gasteiger partial charge in [-0.3, -0.25) is 10.1 Å². The van der Waals surface area contributed by atoms with E-state index in [1.54, 1.807) is 20.0 Å². The number of aliphatic imine (C=N–C) groups is 2. The van der Waals surface area contributed by atoms with Gasteiger partial charge in [0.25, 0.3) is 0 Å². The maximum atomic E-state index is 14.1. The number of piperidine rings is 1. The largest absolute Gasteiger partial charge is 0.471 e. The van der Waals surface area contributed by atoms with Gasteiger partial charge < -0.3 is 15.5 Å². The second kappa shape index (κ2) is 11.5. The number of halogens is 1. The Morgan fingerprint density at radius 3 is 2.78 bits per heavy atom. The van der Waals surface area contributed by atoms with Crippen LogP contribution in [-0.4, -0.2) is 49.9 Å². The Balaban J connectivity index is 0.00000364. The first-order valence-corrected chi connectivity index (χ1v) is 9.04. The molecule has 0 amide bonds. The molecule has 0 aliphatic carbocycles. The molecule has 1 heterocycles. The van der Waals surface area contributed by atoms with Gasteiger partial charge in [0.05, 0.1) is 5.57 Å². The summed E-state index contributed by atoms with van der Waals surface area (Å²) < 4.78 is 19.9. The van der Waals surface area contributed by atoms with Gasteiger partial charge in [0.1, 0.15) is 18.1 Å². The fourth-order valence-corrected chi connectivity index (χ4v) is 2.63. The molecule has 1 aromatic carbocycles. The number of ether oxygens (including phenoxy) is 1. The minimum absolute atomic E-state index is 0. The Morgan fingerprint density at radius 2 is 2.26 bits per heavy atom. The average molecular weight is 560 g/mol. The topological polar surface area (TPSA) is 95.9 Å². The van der Waals surface area contributed by atoms with Crippen molar-refractivity contribution in [1.29, 1.82) is 5.41 Å². The molecule has 0 spiro atoms. The number of amidine groups is 1. The number of hydrogen-bond donors (Lipinski definition) is 3. The molecule has 146 valence electrons. The number of benzene rings is 1. The number of nitrogens with two attached hydrogens (primary N) is 1. The van der Waals surface area contributed by atoms with Crippen LogP contribution in [0.2, 0.25) is 0 Å². The van der Waals surface area contributed by atoms with Crippen LogP contribution in [0.15, 0.2) is 45.2 Å². The summed E-state index contributed by atoms with van der Waals surface area (Å²) in [5.41, 5.74) is 1.21. The standard InChI is InChI=1S/C18H23FN5OS.W/c1-11(12(2)20)18(25-16-8-9-23-10-15(16)19)24-17(22-3)13-4-6-14(26-21)7-5-13;/h4-6,15-16,20,23H,1,8-10,21H2,2-3H3;/q-1;. The molecule has 4 N–H and O–H groups in total. The third kappa shape index (κ3) is 6.64. The van der Waals surface area contributed by atoms with Crippen molar-refractivity contribution in [3.05, 3.63) is 42.0 Å². The zero-order valence-corrected chi connectivity index (χ0v) is 19.0. The van der Waals surface area contributed by atoms with E-state index in [4.69, 9.17) is 15.3 Å². The van der Waals surface area contributed by atoms with E-state index in [1.807, 2.05) is 12.1 Å². The number of nitrogens with zero attached hydrogens (tertiary/aromatic N) is 2. The second-order valence-electron chi connectivity index (χ2n) is 5.79. The number of alkyl halides is 1. The zero-order valence-electron chi connectivity index (χ0n) is 15.3. The summed E-state index contributed by atoms with van der Waals surface area (Å²) >= 11 is 1.10. The van der Waals surface area contributed by atoms with Gasteiger partial charge in [-0.2, -0.15) is 24.3 Å². The van der Waals surface area contributed by atoms with E-state index in [-0.39, 0.29) is 39.2 Å². The summed E-state index contributed by atoms with van der Waals surface area (Å²) in [7, 11) is 1.60. The molecule has 1 aliphatic heterocycles. The Labute approximate surface area is 177 Å². The Kier molecular flexibility index (Phi) is 10.1. The molecule has 27 heavy (non-hydrogen) atoms. The van der Waals surface area contributed by atoms with Crippen LogP contribution in [0.5, 0.6) is 0 Å². The van der Waals surface area contributed by atoms with Crippen LogP contribution in [0.3, 0.4) is 0 Å². The Bertz CT molecular complexity index is 723. The quantitative estimate of drug-likeness (QED) is 0.223. The monoisotopic (exact) mass is 560 g/mol. The first-order valence-electron chi connectivity index (χ1n) is 8.16. The van der Waals surface area contributed by atoms with Gasteiger partial charge in [-0.05, 0) is 19.9 Å². The molecule has 0 saturated carbocycles. The van der Waals surface area contributed by atoms with Gasteiger partial charge in [0, 0.05) is 40.4 Å². The molecule has 2 unspecified atom stereocenters. The minimum atomic E-state index is -1.15.